The minimum atomic E-state index is -0.965. The zero-order chi connectivity index (χ0) is 16.4. The fourth-order valence-electron chi connectivity index (χ4n) is 3.52. The van der Waals surface area contributed by atoms with Crippen LogP contribution in [-0.2, 0) is 16.6 Å². The molecule has 1 aromatic heterocycles. The normalized spacial score (nSPS) is 21.6. The number of amides is 2. The number of hydrogen-bond acceptors (Lipinski definition) is 4. The van der Waals surface area contributed by atoms with E-state index in [1.165, 1.54) is 11.3 Å². The second kappa shape index (κ2) is 6.70. The Kier molecular flexibility index (Phi) is 4.66. The summed E-state index contributed by atoms with van der Waals surface area (Å²) in [6.45, 7) is 0.911. The highest BCUT2D eigenvalue weighted by atomic mass is 16.3. The minimum Gasteiger partial charge on any atom is -0.383 e. The number of nitrogens with zero attached hydrogens (tertiary/aromatic N) is 4. The van der Waals surface area contributed by atoms with Crippen LogP contribution >= 0.6 is 0 Å². The molecule has 2 aliphatic rings. The predicted molar refractivity (Wildman–Crippen MR) is 84.7 cm³/mol. The first-order chi connectivity index (χ1) is 11.1. The molecule has 1 atom stereocenters. The van der Waals surface area contributed by atoms with E-state index >= 15 is 0 Å². The molecule has 23 heavy (non-hydrogen) atoms. The molecular weight excluding hydrogens is 296 g/mol. The topological polar surface area (TPSA) is 78.7 Å². The second-order valence-corrected chi connectivity index (χ2v) is 6.52. The molecule has 1 aliphatic heterocycles. The molecular formula is C16H24N4O3. The van der Waals surface area contributed by atoms with Crippen molar-refractivity contribution in [1.29, 1.82) is 0 Å². The van der Waals surface area contributed by atoms with Crippen LogP contribution in [0.15, 0.2) is 12.4 Å². The van der Waals surface area contributed by atoms with Crippen LogP contribution in [0, 0.1) is 5.92 Å². The quantitative estimate of drug-likeness (QED) is 0.881. The van der Waals surface area contributed by atoms with Crippen LogP contribution in [0.4, 0.5) is 5.69 Å². The predicted octanol–water partition coefficient (Wildman–Crippen LogP) is 0.536. The fourth-order valence-corrected chi connectivity index (χ4v) is 3.52. The lowest BCUT2D eigenvalue weighted by Crippen LogP contribution is -2.55. The molecule has 2 fully saturated rings. The standard InChI is InChI=1S/C16H24N4O3/c1-18-10-13(9-17-18)20-8-7-19(11-14(20)21)16(23)15(22)12-5-3-2-4-6-12/h9-10,12,15,22H,2-8,11H2,1H3. The van der Waals surface area contributed by atoms with Gasteiger partial charge in [-0.1, -0.05) is 19.3 Å². The Morgan fingerprint density at radius 3 is 2.65 bits per heavy atom. The van der Waals surface area contributed by atoms with Crippen molar-refractivity contribution in [3.63, 3.8) is 0 Å². The zero-order valence-electron chi connectivity index (χ0n) is 13.5. The first-order valence-electron chi connectivity index (χ1n) is 8.32. The van der Waals surface area contributed by atoms with Gasteiger partial charge in [-0.25, -0.2) is 0 Å². The van der Waals surface area contributed by atoms with Gasteiger partial charge in [0.1, 0.15) is 12.6 Å². The molecule has 1 saturated carbocycles. The van der Waals surface area contributed by atoms with Crippen LogP contribution in [0.3, 0.4) is 0 Å². The maximum atomic E-state index is 12.5. The Morgan fingerprint density at radius 2 is 2.04 bits per heavy atom. The van der Waals surface area contributed by atoms with Crippen LogP contribution in [-0.4, -0.2) is 57.3 Å². The lowest BCUT2D eigenvalue weighted by Gasteiger charge is -2.36. The smallest absolute Gasteiger partial charge is 0.252 e. The van der Waals surface area contributed by atoms with Gasteiger partial charge in [-0.2, -0.15) is 5.10 Å². The summed E-state index contributed by atoms with van der Waals surface area (Å²) in [6, 6.07) is 0. The largest absolute Gasteiger partial charge is 0.383 e. The highest BCUT2D eigenvalue weighted by molar-refractivity contribution is 5.98. The van der Waals surface area contributed by atoms with Crippen molar-refractivity contribution in [3.05, 3.63) is 12.4 Å². The number of piperazine rings is 1. The molecule has 1 aliphatic carbocycles. The number of rotatable bonds is 3. The minimum absolute atomic E-state index is 0.0253. The zero-order valence-corrected chi connectivity index (χ0v) is 13.5. The summed E-state index contributed by atoms with van der Waals surface area (Å²) in [4.78, 5) is 27.9. The summed E-state index contributed by atoms with van der Waals surface area (Å²) in [5.74, 6) is -0.382. The van der Waals surface area contributed by atoms with Gasteiger partial charge >= 0.3 is 0 Å². The van der Waals surface area contributed by atoms with Crippen LogP contribution in [0.1, 0.15) is 32.1 Å². The number of aryl methyl sites for hydroxylation is 1. The van der Waals surface area contributed by atoms with Gasteiger partial charge in [-0.3, -0.25) is 14.3 Å². The van der Waals surface area contributed by atoms with E-state index in [1.54, 1.807) is 29.0 Å². The maximum Gasteiger partial charge on any atom is 0.252 e. The van der Waals surface area contributed by atoms with Gasteiger partial charge in [0, 0.05) is 26.3 Å². The first-order valence-corrected chi connectivity index (χ1v) is 8.32. The van der Waals surface area contributed by atoms with E-state index in [2.05, 4.69) is 5.10 Å². The lowest BCUT2D eigenvalue weighted by molar-refractivity contribution is -0.147. The summed E-state index contributed by atoms with van der Waals surface area (Å²) in [7, 11) is 1.80. The molecule has 2 amide bonds. The van der Waals surface area contributed by atoms with Crippen molar-refractivity contribution in [3.8, 4) is 0 Å². The molecule has 1 unspecified atom stereocenters. The van der Waals surface area contributed by atoms with E-state index in [4.69, 9.17) is 0 Å². The van der Waals surface area contributed by atoms with Gasteiger partial charge in [0.05, 0.1) is 11.9 Å². The summed E-state index contributed by atoms with van der Waals surface area (Å²) < 4.78 is 1.65. The Balaban J connectivity index is 1.60. The molecule has 1 N–H and O–H groups in total. The van der Waals surface area contributed by atoms with Crippen LogP contribution in [0.2, 0.25) is 0 Å². The number of carbonyl (C=O) groups excluding carboxylic acids is 2. The highest BCUT2D eigenvalue weighted by Gasteiger charge is 2.35. The molecule has 3 rings (SSSR count). The molecule has 0 bridgehead atoms. The third-order valence-corrected chi connectivity index (χ3v) is 4.88. The van der Waals surface area contributed by atoms with Crippen LogP contribution < -0.4 is 4.90 Å². The number of aliphatic hydroxyl groups is 1. The van der Waals surface area contributed by atoms with Gasteiger partial charge in [0.2, 0.25) is 5.91 Å². The molecule has 0 spiro atoms. The lowest BCUT2D eigenvalue weighted by atomic mass is 9.85. The van der Waals surface area contributed by atoms with Crippen molar-refractivity contribution in [1.82, 2.24) is 14.7 Å². The number of anilines is 1. The number of aromatic nitrogens is 2. The molecule has 1 aromatic rings. The number of carbonyl (C=O) groups is 2. The van der Waals surface area contributed by atoms with Crippen molar-refractivity contribution >= 4 is 17.5 Å². The Bertz CT molecular complexity index is 580. The van der Waals surface area contributed by atoms with E-state index in [0.29, 0.717) is 13.1 Å². The van der Waals surface area contributed by atoms with Crippen molar-refractivity contribution in [2.24, 2.45) is 13.0 Å². The fraction of sp³-hybridized carbons (Fsp3) is 0.688. The summed E-state index contributed by atoms with van der Waals surface area (Å²) in [5, 5.41) is 14.4. The van der Waals surface area contributed by atoms with Crippen molar-refractivity contribution in [2.45, 2.75) is 38.2 Å². The monoisotopic (exact) mass is 320 g/mol. The highest BCUT2D eigenvalue weighted by Crippen LogP contribution is 2.27. The molecule has 2 heterocycles. The molecule has 7 heteroatoms. The molecule has 0 aromatic carbocycles. The number of hydrogen-bond donors (Lipinski definition) is 1. The average molecular weight is 320 g/mol. The van der Waals surface area contributed by atoms with E-state index in [-0.39, 0.29) is 24.3 Å². The summed E-state index contributed by atoms with van der Waals surface area (Å²) in [5.41, 5.74) is 0.748. The van der Waals surface area contributed by atoms with Gasteiger partial charge in [0.25, 0.3) is 5.91 Å². The Hall–Kier alpha value is -1.89. The van der Waals surface area contributed by atoms with Crippen LogP contribution in [0.5, 0.6) is 0 Å². The van der Waals surface area contributed by atoms with Gasteiger partial charge in [0.15, 0.2) is 0 Å². The Labute approximate surface area is 135 Å². The van der Waals surface area contributed by atoms with E-state index in [0.717, 1.165) is 31.4 Å². The van der Waals surface area contributed by atoms with Gasteiger partial charge in [-0.15, -0.1) is 0 Å². The summed E-state index contributed by atoms with van der Waals surface area (Å²) >= 11 is 0. The first kappa shape index (κ1) is 16.0. The van der Waals surface area contributed by atoms with Crippen molar-refractivity contribution in [2.75, 3.05) is 24.5 Å². The third-order valence-electron chi connectivity index (χ3n) is 4.88. The third kappa shape index (κ3) is 3.39. The molecule has 126 valence electrons. The average Bonchev–Trinajstić information content (AvgIpc) is 3.00. The van der Waals surface area contributed by atoms with E-state index < -0.39 is 6.10 Å². The maximum absolute atomic E-state index is 12.5. The second-order valence-electron chi connectivity index (χ2n) is 6.52. The van der Waals surface area contributed by atoms with E-state index in [1.807, 2.05) is 0 Å². The van der Waals surface area contributed by atoms with Gasteiger partial charge < -0.3 is 14.9 Å². The Morgan fingerprint density at radius 1 is 1.30 bits per heavy atom. The summed E-state index contributed by atoms with van der Waals surface area (Å²) in [6.07, 6.45) is 7.59. The molecule has 0 radical (unpaired) electrons. The molecule has 1 saturated heterocycles. The number of aliphatic hydroxyl groups excluding tert-OH is 1. The van der Waals surface area contributed by atoms with Crippen molar-refractivity contribution < 1.29 is 14.7 Å². The van der Waals surface area contributed by atoms with E-state index in [9.17, 15) is 14.7 Å². The SMILES string of the molecule is Cn1cc(N2CCN(C(=O)C(O)C3CCCCC3)CC2=O)cn1. The molecule has 7 nitrogen and oxygen atoms in total. The van der Waals surface area contributed by atoms with Gasteiger partial charge in [-0.05, 0) is 18.8 Å². The van der Waals surface area contributed by atoms with Crippen LogP contribution in [0.25, 0.3) is 0 Å².